The zero-order valence-electron chi connectivity index (χ0n) is 12.6. The van der Waals surface area contributed by atoms with Gasteiger partial charge in [-0.3, -0.25) is 10.2 Å². The maximum atomic E-state index is 13.5. The molecule has 0 heterocycles. The maximum absolute atomic E-state index is 13.5. The van der Waals surface area contributed by atoms with E-state index >= 15 is 0 Å². The molecule has 2 N–H and O–H groups in total. The molecule has 2 rings (SSSR count). The van der Waals surface area contributed by atoms with Gasteiger partial charge in [0.05, 0.1) is 11.0 Å². The van der Waals surface area contributed by atoms with Crippen molar-refractivity contribution in [1.29, 1.82) is 0 Å². The van der Waals surface area contributed by atoms with E-state index in [4.69, 9.17) is 4.74 Å². The summed E-state index contributed by atoms with van der Waals surface area (Å²) in [4.78, 5) is 14.9. The lowest BCUT2D eigenvalue weighted by Crippen LogP contribution is -2.32. The van der Waals surface area contributed by atoms with Crippen LogP contribution in [0.25, 0.3) is 0 Å². The molecule has 0 aliphatic rings. The van der Waals surface area contributed by atoms with Crippen molar-refractivity contribution in [2.24, 2.45) is 0 Å². The fourth-order valence-corrected chi connectivity index (χ4v) is 2.33. The first-order chi connectivity index (χ1) is 11.0. The maximum Gasteiger partial charge on any atom is 0.266 e. The number of ether oxygens (including phenoxy) is 1. The lowest BCUT2D eigenvalue weighted by Gasteiger charge is -2.12. The summed E-state index contributed by atoms with van der Waals surface area (Å²) in [5, 5.41) is 0. The Hall–Kier alpha value is -2.12. The van der Waals surface area contributed by atoms with Crippen LogP contribution in [0.2, 0.25) is 0 Å². The third kappa shape index (κ3) is 5.22. The van der Waals surface area contributed by atoms with Gasteiger partial charge in [0.15, 0.2) is 0 Å². The summed E-state index contributed by atoms with van der Waals surface area (Å²) in [6, 6.07) is 9.87. The number of carbonyl (C=O) groups is 1. The highest BCUT2D eigenvalue weighted by Gasteiger charge is 2.11. The third-order valence-corrected chi connectivity index (χ3v) is 3.42. The molecule has 23 heavy (non-hydrogen) atoms. The van der Waals surface area contributed by atoms with E-state index in [1.807, 2.05) is 0 Å². The SMILES string of the molecule is CC(C)Oc1cc(F)cc(C(=O)NNSc2ccccc2F)c1. The number of halogens is 2. The predicted octanol–water partition coefficient (Wildman–Crippen LogP) is 3.69. The van der Waals surface area contributed by atoms with Crippen LogP contribution < -0.4 is 15.0 Å². The first kappa shape index (κ1) is 17.2. The van der Waals surface area contributed by atoms with Crippen molar-refractivity contribution < 1.29 is 18.3 Å². The van der Waals surface area contributed by atoms with Crippen molar-refractivity contribution in [2.45, 2.75) is 24.8 Å². The Balaban J connectivity index is 1.98. The second-order valence-electron chi connectivity index (χ2n) is 4.93. The molecule has 122 valence electrons. The van der Waals surface area contributed by atoms with E-state index in [-0.39, 0.29) is 17.4 Å². The van der Waals surface area contributed by atoms with Gasteiger partial charge in [-0.2, -0.15) is 4.83 Å². The van der Waals surface area contributed by atoms with Gasteiger partial charge in [-0.05, 0) is 50.1 Å². The molecule has 2 aromatic carbocycles. The lowest BCUT2D eigenvalue weighted by molar-refractivity contribution is 0.0945. The average Bonchev–Trinajstić information content (AvgIpc) is 2.47. The number of rotatable bonds is 6. The van der Waals surface area contributed by atoms with E-state index in [1.54, 1.807) is 32.0 Å². The van der Waals surface area contributed by atoms with Crippen LogP contribution in [0.3, 0.4) is 0 Å². The minimum atomic E-state index is -0.574. The molecule has 0 saturated heterocycles. The Morgan fingerprint density at radius 1 is 1.17 bits per heavy atom. The van der Waals surface area contributed by atoms with Crippen molar-refractivity contribution in [1.82, 2.24) is 10.3 Å². The van der Waals surface area contributed by atoms with Crippen molar-refractivity contribution in [3.63, 3.8) is 0 Å². The quantitative estimate of drug-likeness (QED) is 0.623. The Bertz CT molecular complexity index is 696. The zero-order valence-corrected chi connectivity index (χ0v) is 13.4. The predicted molar refractivity (Wildman–Crippen MR) is 85.0 cm³/mol. The van der Waals surface area contributed by atoms with E-state index < -0.39 is 17.5 Å². The van der Waals surface area contributed by atoms with Gasteiger partial charge in [0.2, 0.25) is 0 Å². The average molecular weight is 338 g/mol. The van der Waals surface area contributed by atoms with Gasteiger partial charge in [-0.25, -0.2) is 8.78 Å². The van der Waals surface area contributed by atoms with Crippen LogP contribution in [0.5, 0.6) is 5.75 Å². The molecule has 0 aliphatic carbocycles. The molecule has 0 aromatic heterocycles. The molecule has 0 unspecified atom stereocenters. The summed E-state index contributed by atoms with van der Waals surface area (Å²) in [5.41, 5.74) is 2.47. The highest BCUT2D eigenvalue weighted by molar-refractivity contribution is 7.97. The van der Waals surface area contributed by atoms with Crippen LogP contribution >= 0.6 is 11.9 Å². The van der Waals surface area contributed by atoms with E-state index in [2.05, 4.69) is 10.3 Å². The summed E-state index contributed by atoms with van der Waals surface area (Å²) in [6.45, 7) is 3.61. The molecule has 0 radical (unpaired) electrons. The second kappa shape index (κ2) is 7.94. The standard InChI is InChI=1S/C16H16F2N2O2S/c1-10(2)22-13-8-11(7-12(17)9-13)16(21)19-20-23-15-6-4-3-5-14(15)18/h3-10,20H,1-2H3,(H,19,21). The Labute approximate surface area is 137 Å². The second-order valence-corrected chi connectivity index (χ2v) is 5.78. The van der Waals surface area contributed by atoms with Gasteiger partial charge in [-0.1, -0.05) is 12.1 Å². The number of hydrogen-bond donors (Lipinski definition) is 2. The van der Waals surface area contributed by atoms with Crippen molar-refractivity contribution in [3.05, 3.63) is 59.7 Å². The van der Waals surface area contributed by atoms with Gasteiger partial charge in [0.25, 0.3) is 5.91 Å². The molecule has 7 heteroatoms. The van der Waals surface area contributed by atoms with Crippen LogP contribution in [0, 0.1) is 11.6 Å². The van der Waals surface area contributed by atoms with Gasteiger partial charge >= 0.3 is 0 Å². The monoisotopic (exact) mass is 338 g/mol. The molecule has 4 nitrogen and oxygen atoms in total. The molecule has 0 bridgehead atoms. The van der Waals surface area contributed by atoms with E-state index in [0.29, 0.717) is 4.90 Å². The van der Waals surface area contributed by atoms with Gasteiger partial charge in [0, 0.05) is 11.6 Å². The summed E-state index contributed by atoms with van der Waals surface area (Å²) >= 11 is 0.907. The first-order valence-electron chi connectivity index (χ1n) is 6.89. The molecule has 2 aromatic rings. The molecule has 0 aliphatic heterocycles. The zero-order chi connectivity index (χ0) is 16.8. The molecule has 0 atom stereocenters. The van der Waals surface area contributed by atoms with Crippen LogP contribution in [-0.2, 0) is 0 Å². The minimum absolute atomic E-state index is 0.0993. The minimum Gasteiger partial charge on any atom is -0.491 e. The highest BCUT2D eigenvalue weighted by Crippen LogP contribution is 2.19. The van der Waals surface area contributed by atoms with Crippen LogP contribution in [0.1, 0.15) is 24.2 Å². The number of nitrogens with one attached hydrogen (secondary N) is 2. The van der Waals surface area contributed by atoms with Gasteiger partial charge < -0.3 is 4.74 Å². The van der Waals surface area contributed by atoms with Crippen LogP contribution in [-0.4, -0.2) is 12.0 Å². The lowest BCUT2D eigenvalue weighted by atomic mass is 10.2. The molecule has 0 spiro atoms. The van der Waals surface area contributed by atoms with E-state index in [9.17, 15) is 13.6 Å². The Kier molecular flexibility index (Phi) is 5.95. The van der Waals surface area contributed by atoms with Crippen LogP contribution in [0.4, 0.5) is 8.78 Å². The number of benzene rings is 2. The van der Waals surface area contributed by atoms with Gasteiger partial charge in [-0.15, -0.1) is 0 Å². The van der Waals surface area contributed by atoms with Crippen molar-refractivity contribution in [2.75, 3.05) is 0 Å². The van der Waals surface area contributed by atoms with Crippen molar-refractivity contribution in [3.8, 4) is 5.75 Å². The number of hydrogen-bond acceptors (Lipinski definition) is 4. The fraction of sp³-hybridized carbons (Fsp3) is 0.188. The van der Waals surface area contributed by atoms with E-state index in [0.717, 1.165) is 18.0 Å². The summed E-state index contributed by atoms with van der Waals surface area (Å²) in [6.07, 6.45) is -0.137. The Morgan fingerprint density at radius 2 is 1.91 bits per heavy atom. The Morgan fingerprint density at radius 3 is 2.61 bits per heavy atom. The highest BCUT2D eigenvalue weighted by atomic mass is 32.2. The normalized spacial score (nSPS) is 10.7. The first-order valence-corrected chi connectivity index (χ1v) is 7.71. The smallest absolute Gasteiger partial charge is 0.266 e. The number of amides is 1. The number of hydrazine groups is 1. The molecule has 0 fully saturated rings. The topological polar surface area (TPSA) is 50.4 Å². The summed E-state index contributed by atoms with van der Waals surface area (Å²) < 4.78 is 32.3. The molecule has 0 saturated carbocycles. The number of carbonyl (C=O) groups excluding carboxylic acids is 1. The third-order valence-electron chi connectivity index (χ3n) is 2.67. The van der Waals surface area contributed by atoms with E-state index in [1.165, 1.54) is 18.2 Å². The molecular weight excluding hydrogens is 322 g/mol. The molecule has 1 amide bonds. The fourth-order valence-electron chi connectivity index (χ4n) is 1.76. The van der Waals surface area contributed by atoms with Gasteiger partial charge in [0.1, 0.15) is 17.4 Å². The van der Waals surface area contributed by atoms with Crippen molar-refractivity contribution >= 4 is 17.9 Å². The molecular formula is C16H16F2N2O2S. The summed E-state index contributed by atoms with van der Waals surface area (Å²) in [5.74, 6) is -1.26. The summed E-state index contributed by atoms with van der Waals surface area (Å²) in [7, 11) is 0. The largest absolute Gasteiger partial charge is 0.491 e. The van der Waals surface area contributed by atoms with Crippen LogP contribution in [0.15, 0.2) is 47.4 Å².